The van der Waals surface area contributed by atoms with Crippen molar-refractivity contribution in [1.29, 1.82) is 0 Å². The summed E-state index contributed by atoms with van der Waals surface area (Å²) in [5, 5.41) is 3.46. The van der Waals surface area contributed by atoms with Gasteiger partial charge < -0.3 is 37.2 Å². The Bertz CT molecular complexity index is 593. The van der Waals surface area contributed by atoms with Gasteiger partial charge in [-0.05, 0) is 0 Å². The summed E-state index contributed by atoms with van der Waals surface area (Å²) in [5.74, 6) is 0.981. The van der Waals surface area contributed by atoms with Gasteiger partial charge in [-0.1, -0.05) is 0 Å². The van der Waals surface area contributed by atoms with Crippen LogP contribution >= 0.6 is 0 Å². The van der Waals surface area contributed by atoms with Crippen LogP contribution in [0.25, 0.3) is 0 Å². The summed E-state index contributed by atoms with van der Waals surface area (Å²) in [6, 6.07) is 11.3. The SMILES string of the molecule is CCCC1=C([SiH2]c2ccccc2)CC(CC2CCCCC2)=[C]1[Ti+3].[Cl-].[Cl-].[Cl-]. The van der Waals surface area contributed by atoms with Gasteiger partial charge in [-0.15, -0.1) is 0 Å². The molecule has 0 nitrogen and oxygen atoms in total. The van der Waals surface area contributed by atoms with Crippen LogP contribution < -0.4 is 42.4 Å². The molecule has 1 saturated carbocycles. The minimum absolute atomic E-state index is 0. The average Bonchev–Trinajstić information content (AvgIpc) is 2.86. The van der Waals surface area contributed by atoms with E-state index in [1.165, 1.54) is 57.8 Å². The van der Waals surface area contributed by atoms with Crippen LogP contribution in [0.4, 0.5) is 0 Å². The first-order valence-electron chi connectivity index (χ1n) is 9.46. The quantitative estimate of drug-likeness (QED) is 0.375. The Morgan fingerprint density at radius 1 is 1.00 bits per heavy atom. The largest absolute Gasteiger partial charge is 1.00 e. The summed E-state index contributed by atoms with van der Waals surface area (Å²) < 4.78 is 1.69. The fourth-order valence-electron chi connectivity index (χ4n) is 4.32. The Labute approximate surface area is 192 Å². The standard InChI is InChI=1S/C21H29Si.3ClH.Ti/c1-2-9-19-15-18(14-17-10-5-3-6-11-17)16-21(19)22-20-12-7-4-8-13-20;;;;/h4,7-8,12-13,17H,2-3,5-6,9-11,14,16,22H2,1H3;3*1H;/q;;;;+3/p-3. The molecule has 0 spiro atoms. The minimum atomic E-state index is -0.266. The second-order valence-corrected chi connectivity index (χ2v) is 10.2. The molecule has 142 valence electrons. The fraction of sp³-hybridized carbons (Fsp3) is 0.524. The summed E-state index contributed by atoms with van der Waals surface area (Å²) in [5.41, 5.74) is 3.56. The zero-order valence-electron chi connectivity index (χ0n) is 15.7. The predicted octanol–water partition coefficient (Wildman–Crippen LogP) is -4.28. The van der Waals surface area contributed by atoms with E-state index in [0.29, 0.717) is 0 Å². The van der Waals surface area contributed by atoms with Crippen molar-refractivity contribution in [3.63, 3.8) is 0 Å². The Morgan fingerprint density at radius 3 is 2.27 bits per heavy atom. The molecule has 3 rings (SSSR count). The van der Waals surface area contributed by atoms with E-state index in [1.807, 2.05) is 5.20 Å². The van der Waals surface area contributed by atoms with E-state index in [4.69, 9.17) is 0 Å². The van der Waals surface area contributed by atoms with Crippen molar-refractivity contribution in [2.75, 3.05) is 0 Å². The van der Waals surface area contributed by atoms with Gasteiger partial charge in [-0.25, -0.2) is 0 Å². The smallest absolute Gasteiger partial charge is 1.00 e. The van der Waals surface area contributed by atoms with Crippen molar-refractivity contribution in [2.45, 2.75) is 64.7 Å². The molecule has 2 aliphatic rings. The van der Waals surface area contributed by atoms with Gasteiger partial charge in [-0.2, -0.15) is 0 Å². The zero-order valence-corrected chi connectivity index (χ0v) is 20.9. The molecule has 1 aromatic rings. The molecule has 0 atom stereocenters. The molecular weight excluding hydrogens is 435 g/mol. The second-order valence-electron chi connectivity index (χ2n) is 7.36. The van der Waals surface area contributed by atoms with E-state index >= 15 is 0 Å². The van der Waals surface area contributed by atoms with E-state index in [1.54, 1.807) is 20.2 Å². The first kappa shape index (κ1) is 26.5. The zero-order chi connectivity index (χ0) is 16.1. The van der Waals surface area contributed by atoms with Crippen molar-refractivity contribution in [2.24, 2.45) is 5.92 Å². The monoisotopic (exact) mass is 462 g/mol. The number of allylic oxidation sites excluding steroid dienone is 4. The molecule has 0 aliphatic heterocycles. The number of hydrogen-bond donors (Lipinski definition) is 0. The molecule has 0 heterocycles. The van der Waals surface area contributed by atoms with Crippen LogP contribution in [0.1, 0.15) is 64.7 Å². The molecule has 0 saturated heterocycles. The van der Waals surface area contributed by atoms with E-state index < -0.39 is 0 Å². The summed E-state index contributed by atoms with van der Waals surface area (Å²) in [4.78, 5) is 0. The average molecular weight is 464 g/mol. The molecule has 0 unspecified atom stereocenters. The molecule has 0 bridgehead atoms. The third kappa shape index (κ3) is 7.15. The van der Waals surface area contributed by atoms with Gasteiger partial charge in [-0.3, -0.25) is 0 Å². The van der Waals surface area contributed by atoms with Crippen molar-refractivity contribution in [3.8, 4) is 0 Å². The third-order valence-electron chi connectivity index (χ3n) is 5.53. The van der Waals surface area contributed by atoms with Crippen LogP contribution in [0.3, 0.4) is 0 Å². The van der Waals surface area contributed by atoms with Crippen LogP contribution in [-0.4, -0.2) is 9.52 Å². The van der Waals surface area contributed by atoms with Crippen LogP contribution in [0.5, 0.6) is 0 Å². The van der Waals surface area contributed by atoms with Crippen LogP contribution in [0.2, 0.25) is 0 Å². The van der Waals surface area contributed by atoms with Gasteiger partial charge in [0.2, 0.25) is 0 Å². The fourth-order valence-corrected chi connectivity index (χ4v) is 7.36. The molecule has 1 fully saturated rings. The molecular formula is C21H29Cl3SiTi. The normalized spacial score (nSPS) is 18.0. The van der Waals surface area contributed by atoms with Gasteiger partial charge in [0.15, 0.2) is 0 Å². The van der Waals surface area contributed by atoms with Crippen LogP contribution in [0, 0.1) is 5.92 Å². The number of rotatable bonds is 6. The predicted molar refractivity (Wildman–Crippen MR) is 99.4 cm³/mol. The van der Waals surface area contributed by atoms with E-state index in [0.717, 1.165) is 5.92 Å². The molecule has 5 heteroatoms. The van der Waals surface area contributed by atoms with Gasteiger partial charge in [0.1, 0.15) is 0 Å². The molecule has 0 aromatic heterocycles. The maximum atomic E-state index is 2.43. The van der Waals surface area contributed by atoms with Crippen LogP contribution in [0.15, 0.2) is 50.6 Å². The second kappa shape index (κ2) is 13.6. The third-order valence-corrected chi connectivity index (χ3v) is 8.54. The molecule has 0 amide bonds. The van der Waals surface area contributed by atoms with E-state index in [9.17, 15) is 0 Å². The Hall–Kier alpha value is 0.501. The minimum Gasteiger partial charge on any atom is -1.00 e. The van der Waals surface area contributed by atoms with E-state index in [2.05, 4.69) is 57.7 Å². The Kier molecular flexibility index (Phi) is 13.9. The first-order chi connectivity index (χ1) is 11.3. The number of hydrogen-bond acceptors (Lipinski definition) is 0. The maximum absolute atomic E-state index is 2.43. The molecule has 0 N–H and O–H groups in total. The van der Waals surface area contributed by atoms with Crippen LogP contribution in [-0.2, 0) is 20.4 Å². The summed E-state index contributed by atoms with van der Waals surface area (Å²) in [6.07, 6.45) is 12.7. The number of halogens is 3. The number of benzene rings is 1. The van der Waals surface area contributed by atoms with Gasteiger partial charge in [0.25, 0.3) is 0 Å². The molecule has 26 heavy (non-hydrogen) atoms. The van der Waals surface area contributed by atoms with Crippen molar-refractivity contribution >= 4 is 14.7 Å². The van der Waals surface area contributed by atoms with E-state index in [-0.39, 0.29) is 46.7 Å². The Morgan fingerprint density at radius 2 is 1.65 bits per heavy atom. The van der Waals surface area contributed by atoms with Gasteiger partial charge in [0, 0.05) is 0 Å². The van der Waals surface area contributed by atoms with Gasteiger partial charge in [0.05, 0.1) is 0 Å². The maximum Gasteiger partial charge on any atom is -1.00 e. The van der Waals surface area contributed by atoms with Crippen molar-refractivity contribution in [3.05, 3.63) is 50.6 Å². The molecule has 2 aliphatic carbocycles. The summed E-state index contributed by atoms with van der Waals surface area (Å²) in [7, 11) is -0.266. The molecule has 1 aromatic carbocycles. The Balaban J connectivity index is 0.00000208. The molecule has 0 radical (unpaired) electrons. The van der Waals surface area contributed by atoms with Crippen molar-refractivity contribution in [1.82, 2.24) is 0 Å². The summed E-state index contributed by atoms with van der Waals surface area (Å²) in [6.45, 7) is 2.33. The first-order valence-corrected chi connectivity index (χ1v) is 11.7. The van der Waals surface area contributed by atoms with Crippen molar-refractivity contribution < 1.29 is 57.7 Å². The summed E-state index contributed by atoms with van der Waals surface area (Å²) >= 11 is 2.43. The van der Waals surface area contributed by atoms with Gasteiger partial charge >= 0.3 is 156 Å². The topological polar surface area (TPSA) is 0 Å².